The van der Waals surface area contributed by atoms with Gasteiger partial charge in [-0.1, -0.05) is 17.7 Å². The molecule has 6 nitrogen and oxygen atoms in total. The minimum Gasteiger partial charge on any atom is -0.495 e. The molecule has 0 unspecified atom stereocenters. The molecule has 1 aromatic carbocycles. The summed E-state index contributed by atoms with van der Waals surface area (Å²) in [4.78, 5) is 12.7. The average Bonchev–Trinajstić information content (AvgIpc) is 3.03. The molecule has 0 aliphatic carbocycles. The van der Waals surface area contributed by atoms with Crippen molar-refractivity contribution in [3.8, 4) is 17.1 Å². The topological polar surface area (TPSA) is 64.3 Å². The van der Waals surface area contributed by atoms with Crippen LogP contribution in [0.1, 0.15) is 5.56 Å². The zero-order valence-corrected chi connectivity index (χ0v) is 15.7. The number of hydrogen-bond acceptors (Lipinski definition) is 5. The van der Waals surface area contributed by atoms with Crippen LogP contribution in [0.5, 0.6) is 5.75 Å². The Hall–Kier alpha value is -3.33. The minimum atomic E-state index is -4.49. The molecule has 0 radical (unpaired) electrons. The molecule has 3 heterocycles. The lowest BCUT2D eigenvalue weighted by atomic mass is 10.2. The van der Waals surface area contributed by atoms with Gasteiger partial charge >= 0.3 is 6.18 Å². The number of aromatic nitrogens is 4. The van der Waals surface area contributed by atoms with Gasteiger partial charge in [-0.2, -0.15) is 13.2 Å². The van der Waals surface area contributed by atoms with Crippen molar-refractivity contribution in [2.24, 2.45) is 0 Å². The van der Waals surface area contributed by atoms with E-state index < -0.39 is 11.7 Å². The van der Waals surface area contributed by atoms with Gasteiger partial charge in [0, 0.05) is 12.4 Å². The van der Waals surface area contributed by atoms with E-state index in [-0.39, 0.29) is 22.5 Å². The summed E-state index contributed by atoms with van der Waals surface area (Å²) in [7, 11) is 1.36. The SMILES string of the molecule is COc1ccc(C(F)(F)F)cc1Nc1nccc(-c2c(Cl)nc3ccccn23)n1. The van der Waals surface area contributed by atoms with Gasteiger partial charge in [-0.05, 0) is 36.4 Å². The molecule has 148 valence electrons. The van der Waals surface area contributed by atoms with Crippen LogP contribution >= 0.6 is 11.6 Å². The van der Waals surface area contributed by atoms with Crippen molar-refractivity contribution >= 4 is 28.9 Å². The number of ether oxygens (including phenoxy) is 1. The van der Waals surface area contributed by atoms with E-state index >= 15 is 0 Å². The maximum Gasteiger partial charge on any atom is 0.416 e. The van der Waals surface area contributed by atoms with Crippen molar-refractivity contribution in [2.75, 3.05) is 12.4 Å². The van der Waals surface area contributed by atoms with Gasteiger partial charge in [-0.3, -0.25) is 4.40 Å². The Bertz CT molecular complexity index is 1190. The summed E-state index contributed by atoms with van der Waals surface area (Å²) in [6.45, 7) is 0. The Balaban J connectivity index is 1.75. The lowest BCUT2D eigenvalue weighted by molar-refractivity contribution is -0.137. The Morgan fingerprint density at radius 1 is 1.10 bits per heavy atom. The highest BCUT2D eigenvalue weighted by atomic mass is 35.5. The number of nitrogens with zero attached hydrogens (tertiary/aromatic N) is 4. The average molecular weight is 420 g/mol. The van der Waals surface area contributed by atoms with E-state index in [9.17, 15) is 13.2 Å². The monoisotopic (exact) mass is 419 g/mol. The quantitative estimate of drug-likeness (QED) is 0.491. The molecule has 10 heteroatoms. The summed E-state index contributed by atoms with van der Waals surface area (Å²) in [6.07, 6.45) is -1.23. The second-order valence-corrected chi connectivity index (χ2v) is 6.34. The fraction of sp³-hybridized carbons (Fsp3) is 0.105. The van der Waals surface area contributed by atoms with Crippen molar-refractivity contribution in [1.82, 2.24) is 19.4 Å². The highest BCUT2D eigenvalue weighted by Gasteiger charge is 2.31. The first-order chi connectivity index (χ1) is 13.9. The maximum absolute atomic E-state index is 13.1. The number of anilines is 2. The number of rotatable bonds is 4. The van der Waals surface area contributed by atoms with Crippen molar-refractivity contribution in [2.45, 2.75) is 6.18 Å². The first kappa shape index (κ1) is 19.0. The minimum absolute atomic E-state index is 0.0853. The summed E-state index contributed by atoms with van der Waals surface area (Å²) in [5.74, 6) is 0.307. The van der Waals surface area contributed by atoms with Gasteiger partial charge in [-0.25, -0.2) is 15.0 Å². The third-order valence-electron chi connectivity index (χ3n) is 4.16. The highest BCUT2D eigenvalue weighted by molar-refractivity contribution is 6.32. The maximum atomic E-state index is 13.1. The lowest BCUT2D eigenvalue weighted by Crippen LogP contribution is -2.07. The van der Waals surface area contributed by atoms with Crippen LogP contribution in [0.3, 0.4) is 0 Å². The second kappa shape index (κ2) is 7.25. The summed E-state index contributed by atoms with van der Waals surface area (Å²) in [5.41, 5.74) is 0.909. The van der Waals surface area contributed by atoms with Gasteiger partial charge in [-0.15, -0.1) is 0 Å². The van der Waals surface area contributed by atoms with Crippen molar-refractivity contribution in [3.63, 3.8) is 0 Å². The van der Waals surface area contributed by atoms with Crippen LogP contribution < -0.4 is 10.1 Å². The van der Waals surface area contributed by atoms with Gasteiger partial charge in [0.2, 0.25) is 5.95 Å². The number of benzene rings is 1. The van der Waals surface area contributed by atoms with Gasteiger partial charge in [0.25, 0.3) is 0 Å². The molecule has 0 saturated carbocycles. The van der Waals surface area contributed by atoms with Gasteiger partial charge in [0.15, 0.2) is 5.15 Å². The lowest BCUT2D eigenvalue weighted by Gasteiger charge is -2.14. The first-order valence-electron chi connectivity index (χ1n) is 8.35. The summed E-state index contributed by atoms with van der Waals surface area (Å²) in [5, 5.41) is 3.03. The summed E-state index contributed by atoms with van der Waals surface area (Å²) in [6, 6.07) is 10.2. The number of nitrogens with one attached hydrogen (secondary N) is 1. The fourth-order valence-corrected chi connectivity index (χ4v) is 3.12. The van der Waals surface area contributed by atoms with Gasteiger partial charge < -0.3 is 10.1 Å². The first-order valence-corrected chi connectivity index (χ1v) is 8.73. The van der Waals surface area contributed by atoms with E-state index in [1.807, 2.05) is 12.1 Å². The predicted octanol–water partition coefficient (Wildman–Crippen LogP) is 5.22. The molecular weight excluding hydrogens is 407 g/mol. The number of pyridine rings is 1. The van der Waals surface area contributed by atoms with E-state index in [0.29, 0.717) is 17.0 Å². The predicted molar refractivity (Wildman–Crippen MR) is 103 cm³/mol. The number of halogens is 4. The molecule has 29 heavy (non-hydrogen) atoms. The van der Waals surface area contributed by atoms with Crippen LogP contribution in [0.2, 0.25) is 5.15 Å². The summed E-state index contributed by atoms with van der Waals surface area (Å²) >= 11 is 6.28. The Morgan fingerprint density at radius 2 is 1.93 bits per heavy atom. The fourth-order valence-electron chi connectivity index (χ4n) is 2.85. The summed E-state index contributed by atoms with van der Waals surface area (Å²) < 4.78 is 46.1. The van der Waals surface area contributed by atoms with Crippen LogP contribution in [0.15, 0.2) is 54.9 Å². The van der Waals surface area contributed by atoms with E-state index in [4.69, 9.17) is 16.3 Å². The number of hydrogen-bond donors (Lipinski definition) is 1. The Morgan fingerprint density at radius 3 is 2.69 bits per heavy atom. The highest BCUT2D eigenvalue weighted by Crippen LogP contribution is 2.36. The van der Waals surface area contributed by atoms with Crippen LogP contribution in [0.4, 0.5) is 24.8 Å². The molecule has 0 bridgehead atoms. The molecule has 0 amide bonds. The second-order valence-electron chi connectivity index (χ2n) is 5.98. The molecule has 0 aliphatic heterocycles. The Kier molecular flexibility index (Phi) is 4.75. The number of fused-ring (bicyclic) bond motifs is 1. The molecule has 0 atom stereocenters. The largest absolute Gasteiger partial charge is 0.495 e. The molecule has 0 saturated heterocycles. The van der Waals surface area contributed by atoms with Crippen LogP contribution in [-0.2, 0) is 6.18 Å². The smallest absolute Gasteiger partial charge is 0.416 e. The van der Waals surface area contributed by atoms with E-state index in [2.05, 4.69) is 20.3 Å². The van der Waals surface area contributed by atoms with Gasteiger partial charge in [0.05, 0.1) is 24.1 Å². The van der Waals surface area contributed by atoms with Crippen LogP contribution in [-0.4, -0.2) is 26.5 Å². The molecule has 4 aromatic rings. The molecule has 3 aromatic heterocycles. The Labute approximate surface area is 168 Å². The van der Waals surface area contributed by atoms with E-state index in [1.165, 1.54) is 19.4 Å². The molecule has 4 rings (SSSR count). The molecule has 0 aliphatic rings. The standard InChI is InChI=1S/C19H13ClF3N5O/c1-29-14-6-5-11(19(21,22)23)10-13(14)26-18-24-8-7-12(25-18)16-17(20)27-15-4-2-3-9-28(15)16/h2-10H,1H3,(H,24,25,26). The zero-order valence-electron chi connectivity index (χ0n) is 14.9. The van der Waals surface area contributed by atoms with Crippen molar-refractivity contribution in [1.29, 1.82) is 0 Å². The van der Waals surface area contributed by atoms with Crippen LogP contribution in [0.25, 0.3) is 17.0 Å². The van der Waals surface area contributed by atoms with E-state index in [0.717, 1.165) is 12.1 Å². The molecule has 1 N–H and O–H groups in total. The number of imidazole rings is 1. The third kappa shape index (κ3) is 3.68. The van der Waals surface area contributed by atoms with Crippen LogP contribution in [0, 0.1) is 0 Å². The zero-order chi connectivity index (χ0) is 20.6. The van der Waals surface area contributed by atoms with Gasteiger partial charge in [0.1, 0.15) is 17.1 Å². The van der Waals surface area contributed by atoms with Crippen molar-refractivity contribution < 1.29 is 17.9 Å². The van der Waals surface area contributed by atoms with E-state index in [1.54, 1.807) is 22.7 Å². The molecular formula is C19H13ClF3N5O. The normalized spacial score (nSPS) is 11.6. The third-order valence-corrected chi connectivity index (χ3v) is 4.42. The molecule has 0 spiro atoms. The van der Waals surface area contributed by atoms with Crippen molar-refractivity contribution in [3.05, 3.63) is 65.6 Å². The molecule has 0 fully saturated rings. The number of alkyl halides is 3. The number of methoxy groups -OCH3 is 1.